The summed E-state index contributed by atoms with van der Waals surface area (Å²) in [6.45, 7) is 2.03. The maximum atomic E-state index is 12.9. The standard InChI is InChI=1S/C29H45FN4O8/c30-22-13-11-21(12-14-22)27(38)32-19-7-2-1-5-17-31-18-6-3-4-10-25(36)34-24(29(41)42)15-16-26(37)33-23(28(39)40)9-8-20-35/h11-14,23-24,31,35H,1-10,15-20H2,(H,32,38)(H,33,37)(H,34,36)(H,39,40)(H,41,42). The third-order valence-corrected chi connectivity index (χ3v) is 6.51. The first-order valence-electron chi connectivity index (χ1n) is 14.5. The van der Waals surface area contributed by atoms with E-state index >= 15 is 0 Å². The number of benzene rings is 1. The fourth-order valence-electron chi connectivity index (χ4n) is 4.09. The largest absolute Gasteiger partial charge is 0.480 e. The molecule has 1 aromatic rings. The van der Waals surface area contributed by atoms with Gasteiger partial charge in [-0.25, -0.2) is 14.0 Å². The lowest BCUT2D eigenvalue weighted by atomic mass is 10.1. The average molecular weight is 597 g/mol. The number of carbonyl (C=O) groups is 5. The SMILES string of the molecule is O=C(CCC(NC(=O)CCCCCNCCCCCCNC(=O)c1ccc(F)cc1)C(=O)O)NC(CCCO)C(=O)O. The van der Waals surface area contributed by atoms with Crippen molar-refractivity contribution in [2.75, 3.05) is 26.2 Å². The van der Waals surface area contributed by atoms with Crippen molar-refractivity contribution in [1.82, 2.24) is 21.3 Å². The Balaban J connectivity index is 2.05. The van der Waals surface area contributed by atoms with Crippen molar-refractivity contribution in [2.45, 2.75) is 89.1 Å². The number of hydrogen-bond acceptors (Lipinski definition) is 7. The second-order valence-electron chi connectivity index (χ2n) is 10.1. The van der Waals surface area contributed by atoms with Crippen molar-refractivity contribution in [3.8, 4) is 0 Å². The zero-order chi connectivity index (χ0) is 31.2. The number of aliphatic hydroxyl groups excluding tert-OH is 1. The van der Waals surface area contributed by atoms with E-state index < -0.39 is 35.8 Å². The summed E-state index contributed by atoms with van der Waals surface area (Å²) in [5.74, 6) is -4.16. The van der Waals surface area contributed by atoms with Crippen LogP contribution in [-0.2, 0) is 19.2 Å². The third kappa shape index (κ3) is 17.3. The number of carboxylic acids is 2. The van der Waals surface area contributed by atoms with Crippen molar-refractivity contribution in [3.63, 3.8) is 0 Å². The van der Waals surface area contributed by atoms with Crippen LogP contribution in [0.3, 0.4) is 0 Å². The number of carbonyl (C=O) groups excluding carboxylic acids is 3. The highest BCUT2D eigenvalue weighted by atomic mass is 19.1. The van der Waals surface area contributed by atoms with Gasteiger partial charge in [0.05, 0.1) is 0 Å². The first-order valence-corrected chi connectivity index (χ1v) is 14.5. The van der Waals surface area contributed by atoms with Crippen LogP contribution in [0.15, 0.2) is 24.3 Å². The van der Waals surface area contributed by atoms with Gasteiger partial charge in [-0.15, -0.1) is 0 Å². The van der Waals surface area contributed by atoms with Gasteiger partial charge in [0.25, 0.3) is 5.91 Å². The van der Waals surface area contributed by atoms with Crippen molar-refractivity contribution >= 4 is 29.7 Å². The van der Waals surface area contributed by atoms with Crippen LogP contribution in [0.2, 0.25) is 0 Å². The molecule has 0 fully saturated rings. The summed E-state index contributed by atoms with van der Waals surface area (Å²) in [5, 5.41) is 38.2. The normalized spacial score (nSPS) is 12.2. The first-order chi connectivity index (χ1) is 20.1. The van der Waals surface area contributed by atoms with Crippen LogP contribution in [-0.4, -0.2) is 83.3 Å². The Morgan fingerprint density at radius 3 is 1.76 bits per heavy atom. The Morgan fingerprint density at radius 1 is 0.667 bits per heavy atom. The van der Waals surface area contributed by atoms with Crippen LogP contribution < -0.4 is 21.3 Å². The van der Waals surface area contributed by atoms with Gasteiger partial charge in [0.1, 0.15) is 17.9 Å². The molecule has 42 heavy (non-hydrogen) atoms. The molecular formula is C29H45FN4O8. The lowest BCUT2D eigenvalue weighted by molar-refractivity contribution is -0.143. The molecule has 0 aromatic heterocycles. The van der Waals surface area contributed by atoms with Gasteiger partial charge in [0.15, 0.2) is 0 Å². The van der Waals surface area contributed by atoms with E-state index in [-0.39, 0.29) is 50.4 Å². The van der Waals surface area contributed by atoms with Gasteiger partial charge >= 0.3 is 11.9 Å². The molecule has 0 spiro atoms. The van der Waals surface area contributed by atoms with Gasteiger partial charge < -0.3 is 36.6 Å². The Bertz CT molecular complexity index is 977. The molecule has 0 bridgehead atoms. The zero-order valence-electron chi connectivity index (χ0n) is 24.0. The van der Waals surface area contributed by atoms with Gasteiger partial charge in [-0.2, -0.15) is 0 Å². The number of aliphatic carboxylic acids is 2. The predicted molar refractivity (Wildman–Crippen MR) is 153 cm³/mol. The van der Waals surface area contributed by atoms with E-state index in [4.69, 9.17) is 10.2 Å². The Morgan fingerprint density at radius 2 is 1.19 bits per heavy atom. The summed E-state index contributed by atoms with van der Waals surface area (Å²) in [6, 6.07) is 3.01. The van der Waals surface area contributed by atoms with Gasteiger partial charge in [0, 0.05) is 31.6 Å². The summed E-state index contributed by atoms with van der Waals surface area (Å²) in [6.07, 6.45) is 6.10. The van der Waals surface area contributed by atoms with Crippen LogP contribution >= 0.6 is 0 Å². The predicted octanol–water partition coefficient (Wildman–Crippen LogP) is 1.96. The second kappa shape index (κ2) is 22.1. The van der Waals surface area contributed by atoms with E-state index in [0.717, 1.165) is 51.6 Å². The number of nitrogens with one attached hydrogen (secondary N) is 4. The molecule has 0 radical (unpaired) electrons. The number of amides is 3. The topological polar surface area (TPSA) is 194 Å². The molecule has 3 amide bonds. The van der Waals surface area contributed by atoms with Crippen LogP contribution in [0.5, 0.6) is 0 Å². The lowest BCUT2D eigenvalue weighted by Gasteiger charge is -2.16. The third-order valence-electron chi connectivity index (χ3n) is 6.51. The molecule has 2 unspecified atom stereocenters. The van der Waals surface area contributed by atoms with Crippen LogP contribution in [0.25, 0.3) is 0 Å². The molecule has 7 N–H and O–H groups in total. The molecule has 0 aliphatic carbocycles. The minimum absolute atomic E-state index is 0.0518. The van der Waals surface area contributed by atoms with Gasteiger partial charge in [0.2, 0.25) is 11.8 Å². The number of carboxylic acid groups (broad SMARTS) is 2. The average Bonchev–Trinajstić information content (AvgIpc) is 2.95. The van der Waals surface area contributed by atoms with E-state index in [1.165, 1.54) is 24.3 Å². The van der Waals surface area contributed by atoms with E-state index in [1.54, 1.807) is 0 Å². The van der Waals surface area contributed by atoms with Crippen LogP contribution in [0.4, 0.5) is 4.39 Å². The van der Waals surface area contributed by atoms with Gasteiger partial charge in [-0.3, -0.25) is 14.4 Å². The number of hydrogen-bond donors (Lipinski definition) is 7. The van der Waals surface area contributed by atoms with E-state index in [9.17, 15) is 33.5 Å². The molecule has 1 aromatic carbocycles. The summed E-state index contributed by atoms with van der Waals surface area (Å²) in [4.78, 5) is 58.8. The van der Waals surface area contributed by atoms with Crippen molar-refractivity contribution in [1.29, 1.82) is 0 Å². The molecule has 0 aliphatic heterocycles. The van der Waals surface area contributed by atoms with E-state index in [2.05, 4.69) is 21.3 Å². The maximum Gasteiger partial charge on any atom is 0.326 e. The first kappa shape index (κ1) is 36.4. The minimum atomic E-state index is -1.27. The highest BCUT2D eigenvalue weighted by Crippen LogP contribution is 2.06. The molecule has 0 saturated carbocycles. The van der Waals surface area contributed by atoms with Gasteiger partial charge in [-0.05, 0) is 82.3 Å². The summed E-state index contributed by atoms with van der Waals surface area (Å²) >= 11 is 0. The number of unbranched alkanes of at least 4 members (excludes halogenated alkanes) is 5. The highest BCUT2D eigenvalue weighted by molar-refractivity contribution is 5.94. The number of rotatable bonds is 24. The fraction of sp³-hybridized carbons (Fsp3) is 0.621. The molecule has 13 heteroatoms. The number of aliphatic hydroxyl groups is 1. The van der Waals surface area contributed by atoms with Crippen molar-refractivity contribution < 1.29 is 43.7 Å². The zero-order valence-corrected chi connectivity index (χ0v) is 24.0. The van der Waals surface area contributed by atoms with E-state index in [1.807, 2.05) is 0 Å². The Hall–Kier alpha value is -3.58. The van der Waals surface area contributed by atoms with Crippen LogP contribution in [0.1, 0.15) is 87.4 Å². The fourth-order valence-corrected chi connectivity index (χ4v) is 4.09. The molecule has 0 saturated heterocycles. The van der Waals surface area contributed by atoms with E-state index in [0.29, 0.717) is 18.5 Å². The molecule has 1 rings (SSSR count). The van der Waals surface area contributed by atoms with Gasteiger partial charge in [-0.1, -0.05) is 19.3 Å². The summed E-state index contributed by atoms with van der Waals surface area (Å²) in [7, 11) is 0. The number of halogens is 1. The quantitative estimate of drug-likeness (QED) is 0.0873. The summed E-state index contributed by atoms with van der Waals surface area (Å²) < 4.78 is 12.9. The molecular weight excluding hydrogens is 551 g/mol. The molecule has 236 valence electrons. The Labute approximate surface area is 245 Å². The highest BCUT2D eigenvalue weighted by Gasteiger charge is 2.23. The molecule has 12 nitrogen and oxygen atoms in total. The van der Waals surface area contributed by atoms with Crippen molar-refractivity contribution in [3.05, 3.63) is 35.6 Å². The van der Waals surface area contributed by atoms with Crippen molar-refractivity contribution in [2.24, 2.45) is 0 Å². The second-order valence-corrected chi connectivity index (χ2v) is 10.1. The molecule has 0 aliphatic rings. The Kier molecular flexibility index (Phi) is 19.2. The molecule has 0 heterocycles. The maximum absolute atomic E-state index is 12.9. The van der Waals surface area contributed by atoms with Crippen LogP contribution in [0, 0.1) is 5.82 Å². The summed E-state index contributed by atoms with van der Waals surface area (Å²) in [5.41, 5.74) is 0.438. The minimum Gasteiger partial charge on any atom is -0.480 e. The smallest absolute Gasteiger partial charge is 0.326 e. The monoisotopic (exact) mass is 596 g/mol. The molecule has 2 atom stereocenters. The lowest BCUT2D eigenvalue weighted by Crippen LogP contribution is -2.44.